The molecule has 1 aromatic heterocycles. The minimum atomic E-state index is -0.410. The minimum absolute atomic E-state index is 0.410. The first kappa shape index (κ1) is 15.0. The fourth-order valence-electron chi connectivity index (χ4n) is 2.91. The van der Waals surface area contributed by atoms with E-state index in [9.17, 15) is 4.39 Å². The predicted octanol–water partition coefficient (Wildman–Crippen LogP) is 2.70. The first-order valence-corrected chi connectivity index (χ1v) is 7.20. The highest BCUT2D eigenvalue weighted by Crippen LogP contribution is 2.25. The standard InChI is InChI=1S/C16H24FN3/c1-4-15-14(11-20(3)16(15)12(2)17)10-19-9-13-5-7-18-8-6-13/h4,11,13,18-19H,1-2,5-10H2,3H3. The molecular formula is C16H24FN3. The van der Waals surface area contributed by atoms with Crippen molar-refractivity contribution in [2.24, 2.45) is 13.0 Å². The Morgan fingerprint density at radius 2 is 2.25 bits per heavy atom. The third-order valence-electron chi connectivity index (χ3n) is 3.97. The monoisotopic (exact) mass is 277 g/mol. The summed E-state index contributed by atoms with van der Waals surface area (Å²) >= 11 is 0. The fourth-order valence-corrected chi connectivity index (χ4v) is 2.91. The molecule has 0 spiro atoms. The summed E-state index contributed by atoms with van der Waals surface area (Å²) in [6.45, 7) is 11.2. The molecule has 1 aliphatic rings. The third kappa shape index (κ3) is 3.38. The van der Waals surface area contributed by atoms with Crippen LogP contribution in [0.4, 0.5) is 4.39 Å². The molecule has 1 aromatic rings. The Bertz CT molecular complexity index is 484. The van der Waals surface area contributed by atoms with Gasteiger partial charge in [0.2, 0.25) is 0 Å². The molecule has 0 saturated carbocycles. The summed E-state index contributed by atoms with van der Waals surface area (Å²) in [5, 5.41) is 6.85. The number of piperidine rings is 1. The number of aromatic nitrogens is 1. The lowest BCUT2D eigenvalue weighted by Gasteiger charge is -2.22. The maximum absolute atomic E-state index is 13.5. The zero-order chi connectivity index (χ0) is 14.5. The average Bonchev–Trinajstić information content (AvgIpc) is 2.76. The Labute approximate surface area is 120 Å². The second-order valence-electron chi connectivity index (χ2n) is 5.46. The van der Waals surface area contributed by atoms with Crippen LogP contribution in [0.15, 0.2) is 19.4 Å². The number of halogens is 1. The van der Waals surface area contributed by atoms with E-state index in [1.165, 1.54) is 12.8 Å². The minimum Gasteiger partial charge on any atom is -0.348 e. The van der Waals surface area contributed by atoms with E-state index < -0.39 is 5.83 Å². The van der Waals surface area contributed by atoms with Gasteiger partial charge in [-0.3, -0.25) is 0 Å². The van der Waals surface area contributed by atoms with Gasteiger partial charge in [0.1, 0.15) is 5.83 Å². The second kappa shape index (κ2) is 6.86. The van der Waals surface area contributed by atoms with Gasteiger partial charge < -0.3 is 15.2 Å². The lowest BCUT2D eigenvalue weighted by atomic mass is 9.98. The van der Waals surface area contributed by atoms with Crippen LogP contribution in [0.25, 0.3) is 11.9 Å². The van der Waals surface area contributed by atoms with E-state index in [1.54, 1.807) is 10.6 Å². The van der Waals surface area contributed by atoms with E-state index in [2.05, 4.69) is 23.8 Å². The van der Waals surface area contributed by atoms with Crippen LogP contribution in [0.3, 0.4) is 0 Å². The molecule has 2 rings (SSSR count). The van der Waals surface area contributed by atoms with Crippen LogP contribution in [-0.2, 0) is 13.6 Å². The molecule has 1 fully saturated rings. The molecule has 0 aliphatic carbocycles. The van der Waals surface area contributed by atoms with E-state index >= 15 is 0 Å². The smallest absolute Gasteiger partial charge is 0.140 e. The van der Waals surface area contributed by atoms with Crippen molar-refractivity contribution in [1.82, 2.24) is 15.2 Å². The molecule has 0 amide bonds. The summed E-state index contributed by atoms with van der Waals surface area (Å²) in [5.41, 5.74) is 2.45. The third-order valence-corrected chi connectivity index (χ3v) is 3.97. The van der Waals surface area contributed by atoms with Crippen molar-refractivity contribution >= 4 is 11.9 Å². The van der Waals surface area contributed by atoms with Gasteiger partial charge >= 0.3 is 0 Å². The van der Waals surface area contributed by atoms with Gasteiger partial charge in [0.15, 0.2) is 0 Å². The maximum Gasteiger partial charge on any atom is 0.140 e. The van der Waals surface area contributed by atoms with Crippen molar-refractivity contribution < 1.29 is 4.39 Å². The summed E-state index contributed by atoms with van der Waals surface area (Å²) in [6, 6.07) is 0. The first-order chi connectivity index (χ1) is 9.63. The highest BCUT2D eigenvalue weighted by molar-refractivity contribution is 5.69. The van der Waals surface area contributed by atoms with Gasteiger partial charge in [-0.2, -0.15) is 0 Å². The van der Waals surface area contributed by atoms with Crippen LogP contribution in [0.2, 0.25) is 0 Å². The van der Waals surface area contributed by atoms with Crippen molar-refractivity contribution in [2.45, 2.75) is 19.4 Å². The summed E-state index contributed by atoms with van der Waals surface area (Å²) in [4.78, 5) is 0. The second-order valence-corrected chi connectivity index (χ2v) is 5.46. The molecule has 1 aliphatic heterocycles. The lowest BCUT2D eigenvalue weighted by Crippen LogP contribution is -2.33. The summed E-state index contributed by atoms with van der Waals surface area (Å²) in [6.07, 6.45) is 6.11. The Hall–Kier alpha value is -1.39. The van der Waals surface area contributed by atoms with Crippen LogP contribution in [0.5, 0.6) is 0 Å². The van der Waals surface area contributed by atoms with Crippen molar-refractivity contribution in [3.05, 3.63) is 36.2 Å². The molecular weight excluding hydrogens is 253 g/mol. The van der Waals surface area contributed by atoms with E-state index in [-0.39, 0.29) is 0 Å². The van der Waals surface area contributed by atoms with Crippen molar-refractivity contribution in [1.29, 1.82) is 0 Å². The topological polar surface area (TPSA) is 29.0 Å². The zero-order valence-electron chi connectivity index (χ0n) is 12.2. The van der Waals surface area contributed by atoms with Gasteiger partial charge in [0.25, 0.3) is 0 Å². The Morgan fingerprint density at radius 3 is 2.85 bits per heavy atom. The van der Waals surface area contributed by atoms with Crippen LogP contribution < -0.4 is 10.6 Å². The van der Waals surface area contributed by atoms with Gasteiger partial charge in [0, 0.05) is 25.4 Å². The lowest BCUT2D eigenvalue weighted by molar-refractivity contribution is 0.356. The molecule has 2 N–H and O–H groups in total. The highest BCUT2D eigenvalue weighted by Gasteiger charge is 2.15. The average molecular weight is 277 g/mol. The molecule has 0 aromatic carbocycles. The van der Waals surface area contributed by atoms with Crippen LogP contribution in [0, 0.1) is 5.92 Å². The number of hydrogen-bond donors (Lipinski definition) is 2. The Balaban J connectivity index is 1.97. The Morgan fingerprint density at radius 1 is 1.55 bits per heavy atom. The van der Waals surface area contributed by atoms with Crippen LogP contribution >= 0.6 is 0 Å². The van der Waals surface area contributed by atoms with E-state index in [4.69, 9.17) is 0 Å². The van der Waals surface area contributed by atoms with Crippen LogP contribution in [-0.4, -0.2) is 24.2 Å². The number of hydrogen-bond acceptors (Lipinski definition) is 2. The number of nitrogens with one attached hydrogen (secondary N) is 2. The van der Waals surface area contributed by atoms with Crippen molar-refractivity contribution in [3.63, 3.8) is 0 Å². The highest BCUT2D eigenvalue weighted by atomic mass is 19.1. The fraction of sp³-hybridized carbons (Fsp3) is 0.500. The van der Waals surface area contributed by atoms with Gasteiger partial charge in [-0.1, -0.05) is 19.2 Å². The quantitative estimate of drug-likeness (QED) is 0.837. The normalized spacial score (nSPS) is 16.3. The molecule has 2 heterocycles. The van der Waals surface area contributed by atoms with Crippen molar-refractivity contribution in [2.75, 3.05) is 19.6 Å². The number of nitrogens with zero attached hydrogens (tertiary/aromatic N) is 1. The summed E-state index contributed by atoms with van der Waals surface area (Å²) < 4.78 is 15.3. The molecule has 1 saturated heterocycles. The van der Waals surface area contributed by atoms with Crippen molar-refractivity contribution in [3.8, 4) is 0 Å². The SMILES string of the molecule is C=Cc1c(CNCC2CCNCC2)cn(C)c1C(=C)F. The molecule has 4 heteroatoms. The van der Waals surface area contributed by atoms with Gasteiger partial charge in [-0.05, 0) is 44.0 Å². The number of rotatable bonds is 6. The molecule has 0 unspecified atom stereocenters. The van der Waals surface area contributed by atoms with Gasteiger partial charge in [0.05, 0.1) is 5.69 Å². The summed E-state index contributed by atoms with van der Waals surface area (Å²) in [5.74, 6) is 0.328. The van der Waals surface area contributed by atoms with Crippen LogP contribution in [0.1, 0.15) is 29.7 Å². The van der Waals surface area contributed by atoms with Gasteiger partial charge in [-0.25, -0.2) is 4.39 Å². The Kier molecular flexibility index (Phi) is 5.15. The largest absolute Gasteiger partial charge is 0.348 e. The predicted molar refractivity (Wildman–Crippen MR) is 82.9 cm³/mol. The maximum atomic E-state index is 13.5. The molecule has 0 radical (unpaired) electrons. The first-order valence-electron chi connectivity index (χ1n) is 7.20. The van der Waals surface area contributed by atoms with E-state index in [1.807, 2.05) is 13.2 Å². The zero-order valence-corrected chi connectivity index (χ0v) is 12.2. The molecule has 0 bridgehead atoms. The molecule has 20 heavy (non-hydrogen) atoms. The van der Waals surface area contributed by atoms with Gasteiger partial charge in [-0.15, -0.1) is 0 Å². The molecule has 0 atom stereocenters. The van der Waals surface area contributed by atoms with E-state index in [0.29, 0.717) is 5.69 Å². The number of aryl methyl sites for hydroxylation is 1. The molecule has 3 nitrogen and oxygen atoms in total. The summed E-state index contributed by atoms with van der Waals surface area (Å²) in [7, 11) is 1.84. The van der Waals surface area contributed by atoms with E-state index in [0.717, 1.165) is 43.2 Å². The molecule has 110 valence electrons.